The number of rotatable bonds is 7. The summed E-state index contributed by atoms with van der Waals surface area (Å²) < 4.78 is 7.32. The van der Waals surface area contributed by atoms with Gasteiger partial charge in [0.25, 0.3) is 0 Å². The molecular formula is C13H24N4O. The van der Waals surface area contributed by atoms with Crippen LogP contribution in [0.25, 0.3) is 0 Å². The van der Waals surface area contributed by atoms with Gasteiger partial charge in [-0.15, -0.1) is 5.10 Å². The first-order valence-electron chi connectivity index (χ1n) is 6.84. The van der Waals surface area contributed by atoms with E-state index in [9.17, 15) is 0 Å². The molecule has 0 aromatic carbocycles. The Morgan fingerprint density at radius 1 is 1.50 bits per heavy atom. The normalized spacial score (nSPS) is 17.7. The summed E-state index contributed by atoms with van der Waals surface area (Å²) in [4.78, 5) is 0. The Kier molecular flexibility index (Phi) is 4.72. The maximum Gasteiger partial charge on any atom is 0.0997 e. The SMILES string of the molecule is CNCc1nnn(C(C)C2CCC2)c1CCOC. The molecule has 0 aliphatic heterocycles. The van der Waals surface area contributed by atoms with Crippen molar-refractivity contribution in [2.45, 2.75) is 45.2 Å². The molecular weight excluding hydrogens is 228 g/mol. The van der Waals surface area contributed by atoms with Crippen LogP contribution in [-0.2, 0) is 17.7 Å². The highest BCUT2D eigenvalue weighted by Gasteiger charge is 2.28. The molecule has 18 heavy (non-hydrogen) atoms. The average molecular weight is 252 g/mol. The molecule has 0 bridgehead atoms. The molecule has 1 aromatic rings. The standard InChI is InChI=1S/C13H24N4O/c1-10(11-5-4-6-11)17-13(7-8-18-3)12(9-14-2)15-16-17/h10-11,14H,4-9H2,1-3H3. The Hall–Kier alpha value is -0.940. The molecule has 1 saturated carbocycles. The largest absolute Gasteiger partial charge is 0.384 e. The van der Waals surface area contributed by atoms with E-state index in [0.29, 0.717) is 6.04 Å². The second-order valence-electron chi connectivity index (χ2n) is 5.13. The minimum absolute atomic E-state index is 0.462. The van der Waals surface area contributed by atoms with Gasteiger partial charge in [0.2, 0.25) is 0 Å². The van der Waals surface area contributed by atoms with Crippen molar-refractivity contribution >= 4 is 0 Å². The highest BCUT2D eigenvalue weighted by molar-refractivity contribution is 5.11. The summed E-state index contributed by atoms with van der Waals surface area (Å²) in [6.07, 6.45) is 4.90. The number of hydrogen-bond acceptors (Lipinski definition) is 4. The lowest BCUT2D eigenvalue weighted by Gasteiger charge is -2.32. The van der Waals surface area contributed by atoms with E-state index in [-0.39, 0.29) is 0 Å². The van der Waals surface area contributed by atoms with Crippen molar-refractivity contribution < 1.29 is 4.74 Å². The smallest absolute Gasteiger partial charge is 0.0997 e. The van der Waals surface area contributed by atoms with Gasteiger partial charge in [-0.05, 0) is 32.7 Å². The van der Waals surface area contributed by atoms with Crippen molar-refractivity contribution in [2.24, 2.45) is 5.92 Å². The second-order valence-corrected chi connectivity index (χ2v) is 5.13. The number of aromatic nitrogens is 3. The number of nitrogens with one attached hydrogen (secondary N) is 1. The molecule has 1 atom stereocenters. The molecule has 1 N–H and O–H groups in total. The summed E-state index contributed by atoms with van der Waals surface area (Å²) in [5.41, 5.74) is 2.28. The number of nitrogens with zero attached hydrogens (tertiary/aromatic N) is 3. The third kappa shape index (κ3) is 2.72. The molecule has 1 aromatic heterocycles. The molecule has 5 nitrogen and oxygen atoms in total. The van der Waals surface area contributed by atoms with Crippen LogP contribution in [0, 0.1) is 5.92 Å². The van der Waals surface area contributed by atoms with Crippen LogP contribution in [0.2, 0.25) is 0 Å². The van der Waals surface area contributed by atoms with Gasteiger partial charge in [-0.3, -0.25) is 0 Å². The first kappa shape index (κ1) is 13.5. The van der Waals surface area contributed by atoms with Gasteiger partial charge in [0.15, 0.2) is 0 Å². The molecule has 0 amide bonds. The summed E-state index contributed by atoms with van der Waals surface area (Å²) in [5, 5.41) is 11.8. The minimum Gasteiger partial charge on any atom is -0.384 e. The van der Waals surface area contributed by atoms with E-state index in [2.05, 4.69) is 27.2 Å². The quantitative estimate of drug-likeness (QED) is 0.800. The lowest BCUT2D eigenvalue weighted by molar-refractivity contribution is 0.187. The van der Waals surface area contributed by atoms with Gasteiger partial charge in [0, 0.05) is 20.1 Å². The van der Waals surface area contributed by atoms with Crippen LogP contribution in [-0.4, -0.2) is 35.8 Å². The van der Waals surface area contributed by atoms with Gasteiger partial charge in [0.05, 0.1) is 24.0 Å². The predicted molar refractivity (Wildman–Crippen MR) is 70.4 cm³/mol. The fourth-order valence-corrected chi connectivity index (χ4v) is 2.56. The van der Waals surface area contributed by atoms with Gasteiger partial charge in [0.1, 0.15) is 0 Å². The van der Waals surface area contributed by atoms with E-state index >= 15 is 0 Å². The zero-order valence-corrected chi connectivity index (χ0v) is 11.6. The van der Waals surface area contributed by atoms with Crippen molar-refractivity contribution in [3.8, 4) is 0 Å². The lowest BCUT2D eigenvalue weighted by atomic mass is 9.80. The molecule has 5 heteroatoms. The molecule has 1 unspecified atom stereocenters. The van der Waals surface area contributed by atoms with Crippen LogP contribution in [0.1, 0.15) is 43.6 Å². The predicted octanol–water partition coefficient (Wildman–Crippen LogP) is 1.55. The van der Waals surface area contributed by atoms with E-state index < -0.39 is 0 Å². The van der Waals surface area contributed by atoms with E-state index in [1.54, 1.807) is 7.11 Å². The topological polar surface area (TPSA) is 52.0 Å². The van der Waals surface area contributed by atoms with Crippen molar-refractivity contribution in [1.29, 1.82) is 0 Å². The Bertz CT molecular complexity index is 373. The third-order valence-corrected chi connectivity index (χ3v) is 3.98. The van der Waals surface area contributed by atoms with Crippen molar-refractivity contribution in [3.63, 3.8) is 0 Å². The van der Waals surface area contributed by atoms with Crippen LogP contribution in [0.15, 0.2) is 0 Å². The van der Waals surface area contributed by atoms with Crippen LogP contribution >= 0.6 is 0 Å². The summed E-state index contributed by atoms with van der Waals surface area (Å²) in [6, 6.07) is 0.462. The van der Waals surface area contributed by atoms with E-state index in [0.717, 1.165) is 31.2 Å². The van der Waals surface area contributed by atoms with Crippen LogP contribution in [0.3, 0.4) is 0 Å². The molecule has 0 spiro atoms. The van der Waals surface area contributed by atoms with Gasteiger partial charge in [-0.1, -0.05) is 11.6 Å². The number of methoxy groups -OCH3 is 1. The summed E-state index contributed by atoms with van der Waals surface area (Å²) in [5.74, 6) is 0.774. The Morgan fingerprint density at radius 3 is 2.83 bits per heavy atom. The fourth-order valence-electron chi connectivity index (χ4n) is 2.56. The maximum absolute atomic E-state index is 5.19. The zero-order valence-electron chi connectivity index (χ0n) is 11.6. The number of ether oxygens (including phenoxy) is 1. The molecule has 2 rings (SSSR count). The fraction of sp³-hybridized carbons (Fsp3) is 0.846. The van der Waals surface area contributed by atoms with Crippen LogP contribution in [0.5, 0.6) is 0 Å². The van der Waals surface area contributed by atoms with Crippen molar-refractivity contribution in [2.75, 3.05) is 20.8 Å². The summed E-state index contributed by atoms with van der Waals surface area (Å²) in [7, 11) is 3.68. The third-order valence-electron chi connectivity index (χ3n) is 3.98. The molecule has 0 saturated heterocycles. The Labute approximate surface area is 109 Å². The molecule has 0 radical (unpaired) electrons. The highest BCUT2D eigenvalue weighted by Crippen LogP contribution is 2.36. The van der Waals surface area contributed by atoms with E-state index in [1.807, 2.05) is 7.05 Å². The van der Waals surface area contributed by atoms with Crippen molar-refractivity contribution in [3.05, 3.63) is 11.4 Å². The minimum atomic E-state index is 0.462. The molecule has 1 aliphatic carbocycles. The van der Waals surface area contributed by atoms with E-state index in [4.69, 9.17) is 4.74 Å². The lowest BCUT2D eigenvalue weighted by Crippen LogP contribution is -2.25. The zero-order chi connectivity index (χ0) is 13.0. The monoisotopic (exact) mass is 252 g/mol. The highest BCUT2D eigenvalue weighted by atomic mass is 16.5. The molecule has 102 valence electrons. The molecule has 1 heterocycles. The van der Waals surface area contributed by atoms with Crippen LogP contribution < -0.4 is 5.32 Å². The number of hydrogen-bond donors (Lipinski definition) is 1. The van der Waals surface area contributed by atoms with Gasteiger partial charge in [-0.2, -0.15) is 0 Å². The second kappa shape index (κ2) is 6.29. The maximum atomic E-state index is 5.19. The molecule has 1 fully saturated rings. The van der Waals surface area contributed by atoms with Gasteiger partial charge in [-0.25, -0.2) is 4.68 Å². The summed E-state index contributed by atoms with van der Waals surface area (Å²) >= 11 is 0. The first-order chi connectivity index (χ1) is 8.77. The molecule has 1 aliphatic rings. The van der Waals surface area contributed by atoms with Crippen LogP contribution in [0.4, 0.5) is 0 Å². The summed E-state index contributed by atoms with van der Waals surface area (Å²) in [6.45, 7) is 3.76. The average Bonchev–Trinajstić information content (AvgIpc) is 2.67. The van der Waals surface area contributed by atoms with Gasteiger partial charge < -0.3 is 10.1 Å². The van der Waals surface area contributed by atoms with E-state index in [1.165, 1.54) is 25.0 Å². The first-order valence-corrected chi connectivity index (χ1v) is 6.84. The van der Waals surface area contributed by atoms with Gasteiger partial charge >= 0.3 is 0 Å². The van der Waals surface area contributed by atoms with Crippen molar-refractivity contribution in [1.82, 2.24) is 20.3 Å². The Morgan fingerprint density at radius 2 is 2.28 bits per heavy atom. The Balaban J connectivity index is 2.16.